The Morgan fingerprint density at radius 3 is 2.62 bits per heavy atom. The molecule has 0 amide bonds. The van der Waals surface area contributed by atoms with E-state index in [9.17, 15) is 4.79 Å². The zero-order valence-electron chi connectivity index (χ0n) is 10.5. The Morgan fingerprint density at radius 2 is 2.19 bits per heavy atom. The third-order valence-electron chi connectivity index (χ3n) is 3.50. The van der Waals surface area contributed by atoms with E-state index in [0.29, 0.717) is 11.8 Å². The summed E-state index contributed by atoms with van der Waals surface area (Å²) in [6.07, 6.45) is 4.18. The minimum absolute atomic E-state index is 0.123. The Kier molecular flexibility index (Phi) is 5.22. The van der Waals surface area contributed by atoms with Crippen molar-refractivity contribution in [3.63, 3.8) is 0 Å². The number of nitrogens with zero attached hydrogens (tertiary/aromatic N) is 1. The highest BCUT2D eigenvalue weighted by Gasteiger charge is 2.42. The molecular weight excluding hydrogens is 204 g/mol. The van der Waals surface area contributed by atoms with E-state index in [1.165, 1.54) is 20.0 Å². The predicted molar refractivity (Wildman–Crippen MR) is 64.1 cm³/mol. The zero-order chi connectivity index (χ0) is 12.0. The molecule has 2 N–H and O–H groups in total. The molecule has 0 saturated heterocycles. The normalized spacial score (nSPS) is 17.5. The molecule has 16 heavy (non-hydrogen) atoms. The minimum atomic E-state index is -0.123. The van der Waals surface area contributed by atoms with Crippen molar-refractivity contribution in [1.29, 1.82) is 0 Å². The second-order valence-corrected chi connectivity index (χ2v) is 4.73. The van der Waals surface area contributed by atoms with Gasteiger partial charge in [0.05, 0.1) is 13.5 Å². The van der Waals surface area contributed by atoms with Crippen LogP contribution in [0, 0.1) is 5.41 Å². The van der Waals surface area contributed by atoms with Crippen LogP contribution in [0.25, 0.3) is 0 Å². The molecule has 94 valence electrons. The zero-order valence-corrected chi connectivity index (χ0v) is 10.5. The quantitative estimate of drug-likeness (QED) is 0.630. The standard InChI is InChI=1S/C12H24N2O2/c1-3-14(9-4-11(15)16-2)10-12(5-6-12)7-8-13/h3-10,13H2,1-2H3. The summed E-state index contributed by atoms with van der Waals surface area (Å²) in [5.41, 5.74) is 6.08. The Balaban J connectivity index is 2.29. The average Bonchev–Trinajstić information content (AvgIpc) is 3.04. The Labute approximate surface area is 98.1 Å². The van der Waals surface area contributed by atoms with Crippen LogP contribution in [0.3, 0.4) is 0 Å². The van der Waals surface area contributed by atoms with Crippen molar-refractivity contribution in [2.75, 3.05) is 33.3 Å². The van der Waals surface area contributed by atoms with Gasteiger partial charge in [-0.25, -0.2) is 0 Å². The summed E-state index contributed by atoms with van der Waals surface area (Å²) in [4.78, 5) is 13.4. The number of carbonyl (C=O) groups is 1. The summed E-state index contributed by atoms with van der Waals surface area (Å²) < 4.78 is 4.65. The summed E-state index contributed by atoms with van der Waals surface area (Å²) in [7, 11) is 1.44. The van der Waals surface area contributed by atoms with Gasteiger partial charge in [0.1, 0.15) is 0 Å². The third-order valence-corrected chi connectivity index (χ3v) is 3.50. The lowest BCUT2D eigenvalue weighted by Gasteiger charge is -2.25. The summed E-state index contributed by atoms with van der Waals surface area (Å²) in [6, 6.07) is 0. The number of esters is 1. The highest BCUT2D eigenvalue weighted by atomic mass is 16.5. The van der Waals surface area contributed by atoms with Gasteiger partial charge in [-0.1, -0.05) is 6.92 Å². The second-order valence-electron chi connectivity index (χ2n) is 4.73. The molecule has 4 nitrogen and oxygen atoms in total. The molecule has 4 heteroatoms. The van der Waals surface area contributed by atoms with Gasteiger partial charge in [-0.3, -0.25) is 4.79 Å². The maximum atomic E-state index is 11.1. The van der Waals surface area contributed by atoms with E-state index in [4.69, 9.17) is 5.73 Å². The van der Waals surface area contributed by atoms with E-state index >= 15 is 0 Å². The number of carbonyl (C=O) groups excluding carboxylic acids is 1. The molecule has 0 aromatic carbocycles. The maximum Gasteiger partial charge on any atom is 0.306 e. The summed E-state index contributed by atoms with van der Waals surface area (Å²) >= 11 is 0. The molecule has 0 aromatic rings. The lowest BCUT2D eigenvalue weighted by atomic mass is 10.0. The van der Waals surface area contributed by atoms with Gasteiger partial charge in [-0.2, -0.15) is 0 Å². The van der Waals surface area contributed by atoms with Crippen LogP contribution in [-0.4, -0.2) is 44.2 Å². The fourth-order valence-corrected chi connectivity index (χ4v) is 2.14. The molecule has 1 aliphatic carbocycles. The van der Waals surface area contributed by atoms with Crippen molar-refractivity contribution >= 4 is 5.97 Å². The van der Waals surface area contributed by atoms with Crippen molar-refractivity contribution in [3.05, 3.63) is 0 Å². The van der Waals surface area contributed by atoms with Gasteiger partial charge in [0.25, 0.3) is 0 Å². The number of hydrogen-bond acceptors (Lipinski definition) is 4. The maximum absolute atomic E-state index is 11.1. The molecule has 0 aromatic heterocycles. The summed E-state index contributed by atoms with van der Waals surface area (Å²) in [5.74, 6) is -0.123. The highest BCUT2D eigenvalue weighted by Crippen LogP contribution is 2.48. The Morgan fingerprint density at radius 1 is 1.50 bits per heavy atom. The first-order chi connectivity index (χ1) is 7.65. The van der Waals surface area contributed by atoms with Crippen LogP contribution < -0.4 is 5.73 Å². The van der Waals surface area contributed by atoms with Crippen molar-refractivity contribution < 1.29 is 9.53 Å². The predicted octanol–water partition coefficient (Wildman–Crippen LogP) is 1.00. The van der Waals surface area contributed by atoms with E-state index in [-0.39, 0.29) is 5.97 Å². The van der Waals surface area contributed by atoms with Crippen molar-refractivity contribution in [2.45, 2.75) is 32.6 Å². The lowest BCUT2D eigenvalue weighted by molar-refractivity contribution is -0.141. The molecule has 1 rings (SSSR count). The number of rotatable bonds is 8. The number of hydrogen-bond donors (Lipinski definition) is 1. The minimum Gasteiger partial charge on any atom is -0.469 e. The van der Waals surface area contributed by atoms with Crippen LogP contribution in [0.1, 0.15) is 32.6 Å². The molecular formula is C12H24N2O2. The first kappa shape index (κ1) is 13.5. The average molecular weight is 228 g/mol. The number of nitrogens with two attached hydrogens (primary N) is 1. The SMILES string of the molecule is CCN(CCC(=O)OC)CC1(CCN)CC1. The van der Waals surface area contributed by atoms with Gasteiger partial charge >= 0.3 is 5.97 Å². The van der Waals surface area contributed by atoms with Gasteiger partial charge in [-0.05, 0) is 37.8 Å². The molecule has 0 heterocycles. The van der Waals surface area contributed by atoms with Crippen molar-refractivity contribution in [3.8, 4) is 0 Å². The van der Waals surface area contributed by atoms with Gasteiger partial charge in [0, 0.05) is 13.1 Å². The second kappa shape index (κ2) is 6.21. The van der Waals surface area contributed by atoms with Gasteiger partial charge in [-0.15, -0.1) is 0 Å². The fourth-order valence-electron chi connectivity index (χ4n) is 2.14. The topological polar surface area (TPSA) is 55.6 Å². The molecule has 0 spiro atoms. The van der Waals surface area contributed by atoms with Crippen LogP contribution in [0.5, 0.6) is 0 Å². The smallest absolute Gasteiger partial charge is 0.306 e. The molecule has 0 unspecified atom stereocenters. The lowest BCUT2D eigenvalue weighted by Crippen LogP contribution is -2.33. The molecule has 1 saturated carbocycles. The molecule has 0 radical (unpaired) electrons. The monoisotopic (exact) mass is 228 g/mol. The Bertz CT molecular complexity index is 227. The number of ether oxygens (including phenoxy) is 1. The van der Waals surface area contributed by atoms with Gasteiger partial charge in [0.15, 0.2) is 0 Å². The molecule has 0 bridgehead atoms. The molecule has 1 fully saturated rings. The van der Waals surface area contributed by atoms with Gasteiger partial charge < -0.3 is 15.4 Å². The van der Waals surface area contributed by atoms with Crippen LogP contribution in [0.2, 0.25) is 0 Å². The van der Waals surface area contributed by atoms with Crippen LogP contribution in [0.4, 0.5) is 0 Å². The fraction of sp³-hybridized carbons (Fsp3) is 0.917. The number of methoxy groups -OCH3 is 1. The Hall–Kier alpha value is -0.610. The van der Waals surface area contributed by atoms with E-state index in [2.05, 4.69) is 16.6 Å². The van der Waals surface area contributed by atoms with E-state index in [1.807, 2.05) is 0 Å². The van der Waals surface area contributed by atoms with Gasteiger partial charge in [0.2, 0.25) is 0 Å². The van der Waals surface area contributed by atoms with Crippen molar-refractivity contribution in [2.24, 2.45) is 11.1 Å². The van der Waals surface area contributed by atoms with Crippen molar-refractivity contribution in [1.82, 2.24) is 4.90 Å². The van der Waals surface area contributed by atoms with Crippen LogP contribution in [0.15, 0.2) is 0 Å². The molecule has 0 atom stereocenters. The third kappa shape index (κ3) is 4.10. The van der Waals surface area contributed by atoms with E-state index in [0.717, 1.165) is 32.6 Å². The molecule has 1 aliphatic rings. The van der Waals surface area contributed by atoms with E-state index < -0.39 is 0 Å². The van der Waals surface area contributed by atoms with E-state index in [1.54, 1.807) is 0 Å². The largest absolute Gasteiger partial charge is 0.469 e. The van der Waals surface area contributed by atoms with Crippen LogP contribution >= 0.6 is 0 Å². The summed E-state index contributed by atoms with van der Waals surface area (Å²) in [6.45, 7) is 5.78. The molecule has 0 aliphatic heterocycles. The van der Waals surface area contributed by atoms with Crippen LogP contribution in [-0.2, 0) is 9.53 Å². The first-order valence-electron chi connectivity index (χ1n) is 6.15. The summed E-state index contributed by atoms with van der Waals surface area (Å²) in [5, 5.41) is 0. The first-order valence-corrected chi connectivity index (χ1v) is 6.15. The highest BCUT2D eigenvalue weighted by molar-refractivity contribution is 5.69.